The van der Waals surface area contributed by atoms with Crippen molar-refractivity contribution in [3.63, 3.8) is 0 Å². The minimum atomic E-state index is -3.66. The predicted octanol–water partition coefficient (Wildman–Crippen LogP) is 2.83. The number of amides is 1. The minimum Gasteiger partial charge on any atom is -0.506 e. The molecule has 0 bridgehead atoms. The maximum absolute atomic E-state index is 11.4. The number of phenolic OH excluding ortho intramolecular Hbond substituents is 1. The van der Waals surface area contributed by atoms with E-state index in [0.29, 0.717) is 25.1 Å². The van der Waals surface area contributed by atoms with Crippen LogP contribution in [0.1, 0.15) is 55.8 Å². The average molecular weight is 508 g/mol. The molecule has 0 aliphatic rings. The number of unbranched alkanes of at least 4 members (excludes halogenated alkanes) is 4. The molecule has 0 radical (unpaired) electrons. The first-order valence-corrected chi connectivity index (χ1v) is 13.5. The van der Waals surface area contributed by atoms with Crippen molar-refractivity contribution in [3.8, 4) is 5.75 Å². The Morgan fingerprint density at radius 2 is 1.74 bits per heavy atom. The number of hydrogen-bond donors (Lipinski definition) is 5. The Labute approximate surface area is 207 Å². The summed E-state index contributed by atoms with van der Waals surface area (Å²) in [6.45, 7) is 2.60. The number of aliphatic hydroxyl groups excluding tert-OH is 1. The number of primary sulfonamides is 1. The number of hydrogen-bond acceptors (Lipinski definition) is 7. The molecule has 0 saturated carbocycles. The van der Waals surface area contributed by atoms with Gasteiger partial charge in [-0.2, -0.15) is 0 Å². The van der Waals surface area contributed by atoms with E-state index >= 15 is 0 Å². The van der Waals surface area contributed by atoms with Gasteiger partial charge in [0.15, 0.2) is 0 Å². The second-order valence-electron chi connectivity index (χ2n) is 8.43. The van der Waals surface area contributed by atoms with Crippen molar-refractivity contribution in [1.82, 2.24) is 5.32 Å². The van der Waals surface area contributed by atoms with Crippen LogP contribution in [0.15, 0.2) is 47.4 Å². The van der Waals surface area contributed by atoms with Gasteiger partial charge in [-0.05, 0) is 74.0 Å². The van der Waals surface area contributed by atoms with E-state index in [2.05, 4.69) is 10.6 Å². The Bertz CT molecular complexity index is 1020. The van der Waals surface area contributed by atoms with Crippen LogP contribution in [-0.4, -0.2) is 51.3 Å². The number of carbonyl (C=O) groups excluding carboxylic acids is 1. The van der Waals surface area contributed by atoms with Crippen molar-refractivity contribution in [3.05, 3.63) is 53.6 Å². The number of nitrogens with two attached hydrogens (primary N) is 1. The number of aryl methyl sites for hydroxylation is 1. The Kier molecular flexibility index (Phi) is 12.7. The fraction of sp³-hybridized carbons (Fsp3) is 0.480. The van der Waals surface area contributed by atoms with E-state index in [-0.39, 0.29) is 16.3 Å². The summed E-state index contributed by atoms with van der Waals surface area (Å²) in [5.41, 5.74) is 1.85. The highest BCUT2D eigenvalue weighted by Gasteiger charge is 2.10. The summed E-state index contributed by atoms with van der Waals surface area (Å²) in [6, 6.07) is 11.4. The van der Waals surface area contributed by atoms with E-state index in [9.17, 15) is 23.4 Å². The van der Waals surface area contributed by atoms with Crippen LogP contribution < -0.4 is 15.8 Å². The van der Waals surface area contributed by atoms with Crippen molar-refractivity contribution in [2.75, 3.05) is 31.6 Å². The van der Waals surface area contributed by atoms with Gasteiger partial charge in [-0.3, -0.25) is 4.79 Å². The summed E-state index contributed by atoms with van der Waals surface area (Å²) in [5.74, 6) is -0.0434. The predicted molar refractivity (Wildman–Crippen MR) is 136 cm³/mol. The van der Waals surface area contributed by atoms with Crippen LogP contribution in [-0.2, 0) is 26.0 Å². The number of sulfonamides is 1. The lowest BCUT2D eigenvalue weighted by molar-refractivity contribution is -0.105. The molecular weight excluding hydrogens is 470 g/mol. The standard InChI is InChI=1S/C25H37N3O6S/c26-35(32,33)22-10-7-9-20(16-22)8-3-6-15-34-14-5-2-1-4-13-27-18-25(31)21-11-12-24(30)23(17-21)28-19-29/h7,9-12,16-17,19,25,27,30-31H,1-6,8,13-15,18H2,(H,28,29)(H2,26,32,33)/t25-/m1/s1. The molecule has 9 nitrogen and oxygen atoms in total. The van der Waals surface area contributed by atoms with Gasteiger partial charge in [-0.25, -0.2) is 13.6 Å². The summed E-state index contributed by atoms with van der Waals surface area (Å²) in [5, 5.41) is 30.7. The molecule has 0 aliphatic carbocycles. The molecule has 2 aromatic carbocycles. The third-order valence-electron chi connectivity index (χ3n) is 5.58. The third kappa shape index (κ3) is 11.2. The number of rotatable bonds is 18. The average Bonchev–Trinajstić information content (AvgIpc) is 2.83. The number of nitrogens with one attached hydrogen (secondary N) is 2. The van der Waals surface area contributed by atoms with E-state index in [4.69, 9.17) is 9.88 Å². The van der Waals surface area contributed by atoms with Crippen molar-refractivity contribution in [1.29, 1.82) is 0 Å². The van der Waals surface area contributed by atoms with Crippen LogP contribution in [0.25, 0.3) is 0 Å². The summed E-state index contributed by atoms with van der Waals surface area (Å²) in [7, 11) is -3.66. The Hall–Kier alpha value is -2.50. The Morgan fingerprint density at radius 1 is 1.00 bits per heavy atom. The topological polar surface area (TPSA) is 151 Å². The molecular formula is C25H37N3O6S. The van der Waals surface area contributed by atoms with E-state index in [1.165, 1.54) is 12.1 Å². The second kappa shape index (κ2) is 15.5. The third-order valence-corrected chi connectivity index (χ3v) is 6.49. The maximum Gasteiger partial charge on any atom is 0.238 e. The number of carbonyl (C=O) groups is 1. The van der Waals surface area contributed by atoms with Gasteiger partial charge in [0.2, 0.25) is 16.4 Å². The lowest BCUT2D eigenvalue weighted by atomic mass is 10.1. The molecule has 0 heterocycles. The largest absolute Gasteiger partial charge is 0.506 e. The zero-order valence-corrected chi connectivity index (χ0v) is 20.8. The molecule has 35 heavy (non-hydrogen) atoms. The fourth-order valence-corrected chi connectivity index (χ4v) is 4.20. The first-order valence-electron chi connectivity index (χ1n) is 11.9. The molecule has 0 spiro atoms. The number of anilines is 1. The molecule has 1 atom stereocenters. The van der Waals surface area contributed by atoms with E-state index in [1.807, 2.05) is 6.07 Å². The van der Waals surface area contributed by atoms with Gasteiger partial charge in [0, 0.05) is 19.8 Å². The van der Waals surface area contributed by atoms with Crippen LogP contribution >= 0.6 is 0 Å². The number of phenols is 1. The number of aromatic hydroxyl groups is 1. The van der Waals surface area contributed by atoms with Gasteiger partial charge in [0.25, 0.3) is 0 Å². The quantitative estimate of drug-likeness (QED) is 0.118. The summed E-state index contributed by atoms with van der Waals surface area (Å²) < 4.78 is 28.5. The zero-order valence-electron chi connectivity index (χ0n) is 20.0. The molecule has 6 N–H and O–H groups in total. The van der Waals surface area contributed by atoms with Crippen molar-refractivity contribution < 1.29 is 28.2 Å². The van der Waals surface area contributed by atoms with Crippen LogP contribution in [0, 0.1) is 0 Å². The maximum atomic E-state index is 11.4. The zero-order chi connectivity index (χ0) is 25.5. The molecule has 194 valence electrons. The Morgan fingerprint density at radius 3 is 2.49 bits per heavy atom. The molecule has 2 rings (SSSR count). The SMILES string of the molecule is NS(=O)(=O)c1cccc(CCCCOCCCCCCNC[C@@H](O)c2ccc(O)c(NC=O)c2)c1. The lowest BCUT2D eigenvalue weighted by Gasteiger charge is -2.14. The summed E-state index contributed by atoms with van der Waals surface area (Å²) >= 11 is 0. The molecule has 0 aromatic heterocycles. The van der Waals surface area contributed by atoms with Gasteiger partial charge >= 0.3 is 0 Å². The highest BCUT2D eigenvalue weighted by molar-refractivity contribution is 7.89. The second-order valence-corrected chi connectivity index (χ2v) is 10.00. The van der Waals surface area contributed by atoms with Crippen LogP contribution in [0.5, 0.6) is 5.75 Å². The van der Waals surface area contributed by atoms with E-state index in [0.717, 1.165) is 63.7 Å². The smallest absolute Gasteiger partial charge is 0.238 e. The van der Waals surface area contributed by atoms with Gasteiger partial charge in [-0.1, -0.05) is 31.0 Å². The highest BCUT2D eigenvalue weighted by atomic mass is 32.2. The monoisotopic (exact) mass is 507 g/mol. The normalized spacial score (nSPS) is 12.4. The van der Waals surface area contributed by atoms with Crippen LogP contribution in [0.3, 0.4) is 0 Å². The Balaban J connectivity index is 1.45. The van der Waals surface area contributed by atoms with Gasteiger partial charge in [0.05, 0.1) is 16.7 Å². The molecule has 0 aliphatic heterocycles. The van der Waals surface area contributed by atoms with Crippen molar-refractivity contribution in [2.24, 2.45) is 5.14 Å². The van der Waals surface area contributed by atoms with Crippen LogP contribution in [0.2, 0.25) is 0 Å². The number of ether oxygens (including phenoxy) is 1. The lowest BCUT2D eigenvalue weighted by Crippen LogP contribution is -2.22. The van der Waals surface area contributed by atoms with E-state index < -0.39 is 16.1 Å². The molecule has 0 unspecified atom stereocenters. The highest BCUT2D eigenvalue weighted by Crippen LogP contribution is 2.26. The van der Waals surface area contributed by atoms with Crippen LogP contribution in [0.4, 0.5) is 5.69 Å². The van der Waals surface area contributed by atoms with Gasteiger partial charge in [-0.15, -0.1) is 0 Å². The first-order chi connectivity index (χ1) is 16.8. The van der Waals surface area contributed by atoms with Crippen molar-refractivity contribution in [2.45, 2.75) is 55.9 Å². The minimum absolute atomic E-state index is 0.0434. The summed E-state index contributed by atoms with van der Waals surface area (Å²) in [4.78, 5) is 10.7. The molecule has 1 amide bonds. The molecule has 0 fully saturated rings. The number of benzene rings is 2. The van der Waals surface area contributed by atoms with Gasteiger partial charge < -0.3 is 25.6 Å². The number of aliphatic hydroxyl groups is 1. The van der Waals surface area contributed by atoms with E-state index in [1.54, 1.807) is 24.3 Å². The summed E-state index contributed by atoms with van der Waals surface area (Å²) in [6.07, 6.45) is 6.52. The molecule has 2 aromatic rings. The molecule has 10 heteroatoms. The first kappa shape index (κ1) is 28.7. The molecule has 0 saturated heterocycles. The van der Waals surface area contributed by atoms with Crippen molar-refractivity contribution >= 4 is 22.1 Å². The van der Waals surface area contributed by atoms with Gasteiger partial charge in [0.1, 0.15) is 5.75 Å². The fourth-order valence-electron chi connectivity index (χ4n) is 3.62.